The molecule has 2 aromatic heterocycles. The Morgan fingerprint density at radius 1 is 1.14 bits per heavy atom. The molecule has 0 saturated carbocycles. The third kappa shape index (κ3) is 4.37. The molecule has 0 aliphatic carbocycles. The van der Waals surface area contributed by atoms with Crippen LogP contribution in [0.15, 0.2) is 40.9 Å². The van der Waals surface area contributed by atoms with Crippen LogP contribution in [0.5, 0.6) is 0 Å². The molecule has 0 spiro atoms. The van der Waals surface area contributed by atoms with Crippen LogP contribution >= 0.6 is 0 Å². The summed E-state index contributed by atoms with van der Waals surface area (Å²) < 4.78 is 5.45. The van der Waals surface area contributed by atoms with Crippen LogP contribution in [0.25, 0.3) is 11.1 Å². The SMILES string of the molecule is Cc1nc2ccc(NC(=O)C(=O)NCc3cccnc3N3CCCCC3)cc2o1. The van der Waals surface area contributed by atoms with Gasteiger partial charge in [-0.25, -0.2) is 9.97 Å². The Balaban J connectivity index is 1.38. The predicted molar refractivity (Wildman–Crippen MR) is 110 cm³/mol. The highest BCUT2D eigenvalue weighted by atomic mass is 16.3. The van der Waals surface area contributed by atoms with Crippen molar-refractivity contribution in [1.29, 1.82) is 0 Å². The molecule has 0 radical (unpaired) electrons. The smallest absolute Gasteiger partial charge is 0.313 e. The lowest BCUT2D eigenvalue weighted by Gasteiger charge is -2.29. The number of nitrogens with one attached hydrogen (secondary N) is 2. The first-order valence-electron chi connectivity index (χ1n) is 9.75. The molecule has 1 saturated heterocycles. The van der Waals surface area contributed by atoms with E-state index in [2.05, 4.69) is 25.5 Å². The number of carbonyl (C=O) groups is 2. The lowest BCUT2D eigenvalue weighted by atomic mass is 10.1. The van der Waals surface area contributed by atoms with Gasteiger partial charge in [0, 0.05) is 50.1 Å². The highest BCUT2D eigenvalue weighted by molar-refractivity contribution is 6.39. The van der Waals surface area contributed by atoms with Gasteiger partial charge in [0.2, 0.25) is 0 Å². The van der Waals surface area contributed by atoms with Crippen molar-refractivity contribution in [3.63, 3.8) is 0 Å². The first-order valence-corrected chi connectivity index (χ1v) is 9.75. The molecule has 3 heterocycles. The van der Waals surface area contributed by atoms with Crippen LogP contribution in [0.2, 0.25) is 0 Å². The highest BCUT2D eigenvalue weighted by Gasteiger charge is 2.18. The van der Waals surface area contributed by atoms with Gasteiger partial charge in [-0.05, 0) is 37.5 Å². The molecular weight excluding hydrogens is 370 g/mol. The molecule has 29 heavy (non-hydrogen) atoms. The van der Waals surface area contributed by atoms with E-state index in [1.807, 2.05) is 12.1 Å². The Bertz CT molecular complexity index is 1040. The van der Waals surface area contributed by atoms with Gasteiger partial charge in [-0.15, -0.1) is 0 Å². The summed E-state index contributed by atoms with van der Waals surface area (Å²) in [5.41, 5.74) is 2.63. The van der Waals surface area contributed by atoms with E-state index >= 15 is 0 Å². The van der Waals surface area contributed by atoms with Crippen molar-refractivity contribution in [2.24, 2.45) is 0 Å². The Kier molecular flexibility index (Phi) is 5.41. The van der Waals surface area contributed by atoms with Gasteiger partial charge in [-0.3, -0.25) is 9.59 Å². The van der Waals surface area contributed by atoms with Crippen LogP contribution in [0.3, 0.4) is 0 Å². The lowest BCUT2D eigenvalue weighted by molar-refractivity contribution is -0.136. The standard InChI is InChI=1S/C21H23N5O3/c1-14-24-17-8-7-16(12-18(17)29-14)25-21(28)20(27)23-13-15-6-5-9-22-19(15)26-10-3-2-4-11-26/h5-9,12H,2-4,10-11,13H2,1H3,(H,23,27)(H,25,28). The summed E-state index contributed by atoms with van der Waals surface area (Å²) in [6.07, 6.45) is 5.26. The third-order valence-electron chi connectivity index (χ3n) is 4.92. The number of aryl methyl sites for hydroxylation is 1. The van der Waals surface area contributed by atoms with E-state index in [-0.39, 0.29) is 6.54 Å². The van der Waals surface area contributed by atoms with Crippen molar-refractivity contribution >= 4 is 34.4 Å². The zero-order valence-electron chi connectivity index (χ0n) is 16.3. The van der Waals surface area contributed by atoms with Crippen molar-refractivity contribution in [2.75, 3.05) is 23.3 Å². The third-order valence-corrected chi connectivity index (χ3v) is 4.92. The number of hydrogen-bond acceptors (Lipinski definition) is 6. The summed E-state index contributed by atoms with van der Waals surface area (Å²) in [5.74, 6) is -0.0162. The molecule has 2 amide bonds. The maximum atomic E-state index is 12.3. The van der Waals surface area contributed by atoms with Crippen molar-refractivity contribution in [3.8, 4) is 0 Å². The predicted octanol–water partition coefficient (Wildman–Crippen LogP) is 2.78. The molecule has 1 aromatic carbocycles. The Morgan fingerprint density at radius 3 is 2.79 bits per heavy atom. The van der Waals surface area contributed by atoms with Crippen LogP contribution in [-0.2, 0) is 16.1 Å². The first kappa shape index (κ1) is 18.9. The number of anilines is 2. The van der Waals surface area contributed by atoms with Gasteiger partial charge < -0.3 is 20.0 Å². The van der Waals surface area contributed by atoms with Gasteiger partial charge >= 0.3 is 11.8 Å². The fourth-order valence-corrected chi connectivity index (χ4v) is 3.52. The summed E-state index contributed by atoms with van der Waals surface area (Å²) in [5, 5.41) is 5.28. The summed E-state index contributed by atoms with van der Waals surface area (Å²) >= 11 is 0. The molecule has 8 nitrogen and oxygen atoms in total. The average molecular weight is 393 g/mol. The largest absolute Gasteiger partial charge is 0.441 e. The van der Waals surface area contributed by atoms with E-state index < -0.39 is 11.8 Å². The number of hydrogen-bond donors (Lipinski definition) is 2. The topological polar surface area (TPSA) is 100 Å². The summed E-state index contributed by atoms with van der Waals surface area (Å²) in [6, 6.07) is 8.83. The number of piperidine rings is 1. The minimum atomic E-state index is -0.732. The number of pyridine rings is 1. The van der Waals surface area contributed by atoms with Crippen molar-refractivity contribution in [3.05, 3.63) is 48.0 Å². The number of oxazole rings is 1. The molecule has 0 atom stereocenters. The van der Waals surface area contributed by atoms with Crippen LogP contribution < -0.4 is 15.5 Å². The van der Waals surface area contributed by atoms with Gasteiger partial charge in [-0.1, -0.05) is 6.07 Å². The lowest BCUT2D eigenvalue weighted by Crippen LogP contribution is -2.36. The fraction of sp³-hybridized carbons (Fsp3) is 0.333. The minimum Gasteiger partial charge on any atom is -0.441 e. The van der Waals surface area contributed by atoms with E-state index in [0.717, 1.165) is 37.3 Å². The van der Waals surface area contributed by atoms with E-state index in [9.17, 15) is 9.59 Å². The van der Waals surface area contributed by atoms with E-state index in [0.29, 0.717) is 22.7 Å². The Labute approximate surface area is 168 Å². The summed E-state index contributed by atoms with van der Waals surface area (Å²) in [4.78, 5) is 35.5. The molecular formula is C21H23N5O3. The van der Waals surface area contributed by atoms with E-state index in [1.54, 1.807) is 31.3 Å². The van der Waals surface area contributed by atoms with E-state index in [4.69, 9.17) is 4.42 Å². The number of rotatable bonds is 4. The van der Waals surface area contributed by atoms with Crippen LogP contribution in [-0.4, -0.2) is 34.9 Å². The van der Waals surface area contributed by atoms with Gasteiger partial charge in [0.1, 0.15) is 11.3 Å². The van der Waals surface area contributed by atoms with Gasteiger partial charge in [0.05, 0.1) is 0 Å². The summed E-state index contributed by atoms with van der Waals surface area (Å²) in [6.45, 7) is 3.92. The molecule has 1 fully saturated rings. The second kappa shape index (κ2) is 8.30. The molecule has 2 N–H and O–H groups in total. The molecule has 4 rings (SSSR count). The van der Waals surface area contributed by atoms with Crippen LogP contribution in [0.1, 0.15) is 30.7 Å². The zero-order chi connectivity index (χ0) is 20.2. The molecule has 3 aromatic rings. The normalized spacial score (nSPS) is 14.0. The minimum absolute atomic E-state index is 0.242. The van der Waals surface area contributed by atoms with Crippen LogP contribution in [0.4, 0.5) is 11.5 Å². The zero-order valence-corrected chi connectivity index (χ0v) is 16.3. The van der Waals surface area contributed by atoms with Crippen LogP contribution in [0, 0.1) is 6.92 Å². The van der Waals surface area contributed by atoms with Crippen molar-refractivity contribution < 1.29 is 14.0 Å². The van der Waals surface area contributed by atoms with Gasteiger partial charge in [0.15, 0.2) is 11.5 Å². The maximum Gasteiger partial charge on any atom is 0.313 e. The molecule has 0 bridgehead atoms. The highest BCUT2D eigenvalue weighted by Crippen LogP contribution is 2.22. The van der Waals surface area contributed by atoms with Gasteiger partial charge in [0.25, 0.3) is 0 Å². The van der Waals surface area contributed by atoms with E-state index in [1.165, 1.54) is 6.42 Å². The fourth-order valence-electron chi connectivity index (χ4n) is 3.52. The quantitative estimate of drug-likeness (QED) is 0.661. The monoisotopic (exact) mass is 393 g/mol. The second-order valence-corrected chi connectivity index (χ2v) is 7.09. The number of amides is 2. The molecule has 8 heteroatoms. The number of fused-ring (bicyclic) bond motifs is 1. The number of aromatic nitrogens is 2. The second-order valence-electron chi connectivity index (χ2n) is 7.09. The maximum absolute atomic E-state index is 12.3. The van der Waals surface area contributed by atoms with Gasteiger partial charge in [-0.2, -0.15) is 0 Å². The average Bonchev–Trinajstić information content (AvgIpc) is 3.12. The molecule has 1 aliphatic rings. The molecule has 1 aliphatic heterocycles. The summed E-state index contributed by atoms with van der Waals surface area (Å²) in [7, 11) is 0. The van der Waals surface area contributed by atoms with Crippen molar-refractivity contribution in [1.82, 2.24) is 15.3 Å². The first-order chi connectivity index (χ1) is 14.1. The molecule has 0 unspecified atom stereocenters. The van der Waals surface area contributed by atoms with Crippen molar-refractivity contribution in [2.45, 2.75) is 32.7 Å². The Hall–Kier alpha value is -3.42. The Morgan fingerprint density at radius 2 is 1.97 bits per heavy atom. The number of benzene rings is 1. The number of nitrogens with zero attached hydrogens (tertiary/aromatic N) is 3. The molecule has 150 valence electrons. The number of carbonyl (C=O) groups excluding carboxylic acids is 2.